The van der Waals surface area contributed by atoms with Crippen LogP contribution in [0.1, 0.15) is 34.1 Å². The molecule has 0 aliphatic carbocycles. The van der Waals surface area contributed by atoms with E-state index in [2.05, 4.69) is 5.10 Å². The molecule has 2 heterocycles. The van der Waals surface area contributed by atoms with Crippen molar-refractivity contribution in [3.05, 3.63) is 88.8 Å². The largest absolute Gasteiger partial charge is 0.497 e. The Labute approximate surface area is 190 Å². The van der Waals surface area contributed by atoms with Gasteiger partial charge < -0.3 is 14.1 Å². The summed E-state index contributed by atoms with van der Waals surface area (Å²) in [6, 6.07) is 17.7. The maximum Gasteiger partial charge on any atom is 0.289 e. The standard InChI is InChI=1S/C24H22ClN3O4/c1-27(24(30)22-11-6-12-32-22)15-23(29)28-21(18-9-3-4-10-19(18)25)14-20(26-28)16-7-5-8-17(13-16)31-2/h3-13,21H,14-15H2,1-2H3. The summed E-state index contributed by atoms with van der Waals surface area (Å²) in [5.74, 6) is 0.169. The fourth-order valence-electron chi connectivity index (χ4n) is 3.64. The lowest BCUT2D eigenvalue weighted by Gasteiger charge is -2.25. The monoisotopic (exact) mass is 451 g/mol. The number of hydrogen-bond acceptors (Lipinski definition) is 5. The molecule has 3 aromatic rings. The number of ether oxygens (including phenoxy) is 1. The number of rotatable bonds is 6. The van der Waals surface area contributed by atoms with Gasteiger partial charge in [-0.2, -0.15) is 5.10 Å². The third-order valence-corrected chi connectivity index (χ3v) is 5.63. The summed E-state index contributed by atoms with van der Waals surface area (Å²) in [7, 11) is 3.15. The Morgan fingerprint density at radius 2 is 2.00 bits per heavy atom. The predicted molar refractivity (Wildman–Crippen MR) is 121 cm³/mol. The van der Waals surface area contributed by atoms with Crippen LogP contribution in [0, 0.1) is 0 Å². The number of benzene rings is 2. The first-order chi connectivity index (χ1) is 15.5. The Kier molecular flexibility index (Phi) is 6.28. The highest BCUT2D eigenvalue weighted by Crippen LogP contribution is 2.36. The smallest absolute Gasteiger partial charge is 0.289 e. The molecule has 0 bridgehead atoms. The first kappa shape index (κ1) is 21.6. The van der Waals surface area contributed by atoms with Gasteiger partial charge >= 0.3 is 0 Å². The van der Waals surface area contributed by atoms with Crippen LogP contribution in [0.25, 0.3) is 0 Å². The third-order valence-electron chi connectivity index (χ3n) is 5.28. The molecule has 1 aliphatic heterocycles. The van der Waals surface area contributed by atoms with Crippen molar-refractivity contribution < 1.29 is 18.7 Å². The molecule has 1 unspecified atom stereocenters. The first-order valence-electron chi connectivity index (χ1n) is 10.0. The minimum absolute atomic E-state index is 0.157. The maximum absolute atomic E-state index is 13.3. The minimum atomic E-state index is -0.385. The van der Waals surface area contributed by atoms with E-state index in [0.29, 0.717) is 17.2 Å². The Balaban J connectivity index is 1.63. The van der Waals surface area contributed by atoms with E-state index in [-0.39, 0.29) is 30.2 Å². The highest BCUT2D eigenvalue weighted by atomic mass is 35.5. The fourth-order valence-corrected chi connectivity index (χ4v) is 3.90. The minimum Gasteiger partial charge on any atom is -0.497 e. The van der Waals surface area contributed by atoms with Gasteiger partial charge in [0.15, 0.2) is 5.76 Å². The van der Waals surface area contributed by atoms with Gasteiger partial charge in [-0.1, -0.05) is 41.9 Å². The summed E-state index contributed by atoms with van der Waals surface area (Å²) in [4.78, 5) is 27.1. The zero-order valence-electron chi connectivity index (χ0n) is 17.7. The van der Waals surface area contributed by atoms with Crippen LogP contribution < -0.4 is 4.74 Å². The number of carbonyl (C=O) groups excluding carboxylic acids is 2. The van der Waals surface area contributed by atoms with Crippen LogP contribution in [0.3, 0.4) is 0 Å². The van der Waals surface area contributed by atoms with Crippen molar-refractivity contribution in [3.8, 4) is 5.75 Å². The summed E-state index contributed by atoms with van der Waals surface area (Å²) < 4.78 is 10.5. The van der Waals surface area contributed by atoms with Crippen molar-refractivity contribution in [2.75, 3.05) is 20.7 Å². The van der Waals surface area contributed by atoms with Crippen molar-refractivity contribution in [2.45, 2.75) is 12.5 Å². The van der Waals surface area contributed by atoms with Crippen molar-refractivity contribution in [3.63, 3.8) is 0 Å². The van der Waals surface area contributed by atoms with Crippen LogP contribution in [0.5, 0.6) is 5.75 Å². The van der Waals surface area contributed by atoms with Gasteiger partial charge in [-0.25, -0.2) is 5.01 Å². The molecule has 1 atom stereocenters. The molecule has 0 saturated carbocycles. The van der Waals surface area contributed by atoms with Crippen molar-refractivity contribution in [1.29, 1.82) is 0 Å². The lowest BCUT2D eigenvalue weighted by Crippen LogP contribution is -2.39. The molecule has 0 fully saturated rings. The van der Waals surface area contributed by atoms with E-state index < -0.39 is 0 Å². The number of furan rings is 1. The summed E-state index contributed by atoms with van der Waals surface area (Å²) in [5.41, 5.74) is 2.39. The molecule has 0 spiro atoms. The Morgan fingerprint density at radius 3 is 2.72 bits per heavy atom. The molecule has 8 heteroatoms. The Bertz CT molecular complexity index is 1160. The molecular weight excluding hydrogens is 430 g/mol. The number of amides is 2. The highest BCUT2D eigenvalue weighted by Gasteiger charge is 2.35. The topological polar surface area (TPSA) is 75.3 Å². The third kappa shape index (κ3) is 4.38. The molecule has 164 valence electrons. The Morgan fingerprint density at radius 1 is 1.19 bits per heavy atom. The second-order valence-electron chi connectivity index (χ2n) is 7.40. The predicted octanol–water partition coefficient (Wildman–Crippen LogP) is 4.39. The summed E-state index contributed by atoms with van der Waals surface area (Å²) in [5, 5.41) is 6.60. The van der Waals surface area contributed by atoms with E-state index in [1.807, 2.05) is 42.5 Å². The van der Waals surface area contributed by atoms with Crippen LogP contribution in [-0.2, 0) is 4.79 Å². The van der Waals surface area contributed by atoms with E-state index in [4.69, 9.17) is 20.8 Å². The number of halogens is 1. The maximum atomic E-state index is 13.3. The molecule has 2 aromatic carbocycles. The van der Waals surface area contributed by atoms with Crippen molar-refractivity contribution in [2.24, 2.45) is 5.10 Å². The number of hydrazone groups is 1. The average Bonchev–Trinajstić information content (AvgIpc) is 3.49. The van der Waals surface area contributed by atoms with Gasteiger partial charge in [-0.3, -0.25) is 9.59 Å². The van der Waals surface area contributed by atoms with E-state index >= 15 is 0 Å². The summed E-state index contributed by atoms with van der Waals surface area (Å²) >= 11 is 6.45. The van der Waals surface area contributed by atoms with E-state index in [1.165, 1.54) is 16.2 Å². The number of likely N-dealkylation sites (N-methyl/N-ethyl adjacent to an activating group) is 1. The summed E-state index contributed by atoms with van der Waals surface area (Å²) in [6.07, 6.45) is 1.90. The van der Waals surface area contributed by atoms with Crippen LogP contribution >= 0.6 is 11.6 Å². The number of nitrogens with zero attached hydrogens (tertiary/aromatic N) is 3. The Hall–Kier alpha value is -3.58. The molecule has 2 amide bonds. The molecular formula is C24H22ClN3O4. The van der Waals surface area contributed by atoms with Crippen molar-refractivity contribution >= 4 is 29.1 Å². The fraction of sp³-hybridized carbons (Fsp3) is 0.208. The second-order valence-corrected chi connectivity index (χ2v) is 7.80. The van der Waals surface area contributed by atoms with Crippen LogP contribution in [-0.4, -0.2) is 48.1 Å². The molecule has 1 aliphatic rings. The molecule has 32 heavy (non-hydrogen) atoms. The highest BCUT2D eigenvalue weighted by molar-refractivity contribution is 6.31. The summed E-state index contributed by atoms with van der Waals surface area (Å²) in [6.45, 7) is -0.157. The van der Waals surface area contributed by atoms with E-state index in [0.717, 1.165) is 16.8 Å². The first-order valence-corrected chi connectivity index (χ1v) is 10.4. The van der Waals surface area contributed by atoms with Gasteiger partial charge in [0.25, 0.3) is 11.8 Å². The van der Waals surface area contributed by atoms with E-state index in [9.17, 15) is 9.59 Å². The van der Waals surface area contributed by atoms with Gasteiger partial charge in [0.05, 0.1) is 25.1 Å². The molecule has 7 nitrogen and oxygen atoms in total. The second kappa shape index (κ2) is 9.28. The number of hydrogen-bond donors (Lipinski definition) is 0. The molecule has 4 rings (SSSR count). The van der Waals surface area contributed by atoms with Gasteiger partial charge in [-0.05, 0) is 35.9 Å². The van der Waals surface area contributed by atoms with Crippen LogP contribution in [0.2, 0.25) is 5.02 Å². The van der Waals surface area contributed by atoms with Gasteiger partial charge in [0.2, 0.25) is 0 Å². The SMILES string of the molecule is COc1cccc(C2=NN(C(=O)CN(C)C(=O)c3ccco3)C(c3ccccc3Cl)C2)c1. The lowest BCUT2D eigenvalue weighted by molar-refractivity contribution is -0.133. The van der Waals surface area contributed by atoms with E-state index in [1.54, 1.807) is 32.4 Å². The zero-order valence-corrected chi connectivity index (χ0v) is 18.5. The molecule has 0 saturated heterocycles. The average molecular weight is 452 g/mol. The quantitative estimate of drug-likeness (QED) is 0.557. The van der Waals surface area contributed by atoms with Gasteiger partial charge in [-0.15, -0.1) is 0 Å². The van der Waals surface area contributed by atoms with Gasteiger partial charge in [0, 0.05) is 24.1 Å². The molecule has 0 N–H and O–H groups in total. The van der Waals surface area contributed by atoms with Gasteiger partial charge in [0.1, 0.15) is 12.3 Å². The molecule has 1 aromatic heterocycles. The van der Waals surface area contributed by atoms with Crippen LogP contribution in [0.4, 0.5) is 0 Å². The molecule has 0 radical (unpaired) electrons. The van der Waals surface area contributed by atoms with Crippen LogP contribution in [0.15, 0.2) is 76.4 Å². The lowest BCUT2D eigenvalue weighted by atomic mass is 9.98. The zero-order chi connectivity index (χ0) is 22.7. The number of carbonyl (C=O) groups is 2. The number of methoxy groups -OCH3 is 1. The normalized spacial score (nSPS) is 15.4. The van der Waals surface area contributed by atoms with Crippen molar-refractivity contribution in [1.82, 2.24) is 9.91 Å².